The predicted octanol–water partition coefficient (Wildman–Crippen LogP) is 0.968. The monoisotopic (exact) mass is 185 g/mol. The van der Waals surface area contributed by atoms with Gasteiger partial charge < -0.3 is 9.73 Å². The van der Waals surface area contributed by atoms with Crippen molar-refractivity contribution in [1.29, 1.82) is 0 Å². The number of rotatable bonds is 3. The second-order valence-corrected chi connectivity index (χ2v) is 3.30. The van der Waals surface area contributed by atoms with Crippen LogP contribution in [0.25, 0.3) is 0 Å². The Morgan fingerprint density at radius 3 is 2.85 bits per heavy atom. The average molecular weight is 185 g/mol. The molecule has 13 heavy (non-hydrogen) atoms. The molecule has 1 heterocycles. The van der Waals surface area contributed by atoms with Crippen molar-refractivity contribution in [2.75, 3.05) is 0 Å². The van der Waals surface area contributed by atoms with Crippen molar-refractivity contribution in [3.8, 4) is 0 Å². The van der Waals surface area contributed by atoms with Crippen LogP contribution in [0.3, 0.4) is 0 Å². The summed E-state index contributed by atoms with van der Waals surface area (Å²) in [5, 5.41) is 10.5. The number of alkyl halides is 1. The molecular weight excluding hydrogens is 173 g/mol. The maximum Gasteiger partial charge on any atom is 0.230 e. The second kappa shape index (κ2) is 3.41. The topological polar surface area (TPSA) is 51.0 Å². The van der Waals surface area contributed by atoms with Gasteiger partial charge in [0.25, 0.3) is 0 Å². The first-order valence-corrected chi connectivity index (χ1v) is 4.42. The lowest BCUT2D eigenvalue weighted by Gasteiger charge is -2.30. The van der Waals surface area contributed by atoms with Gasteiger partial charge in [0, 0.05) is 13.0 Å². The van der Waals surface area contributed by atoms with Crippen LogP contribution in [0.4, 0.5) is 4.39 Å². The van der Waals surface area contributed by atoms with Crippen molar-refractivity contribution in [2.24, 2.45) is 0 Å². The van der Waals surface area contributed by atoms with Crippen molar-refractivity contribution in [3.63, 3.8) is 0 Å². The molecule has 1 fully saturated rings. The maximum absolute atomic E-state index is 12.8. The molecule has 1 aromatic heterocycles. The van der Waals surface area contributed by atoms with E-state index in [1.807, 2.05) is 0 Å². The summed E-state index contributed by atoms with van der Waals surface area (Å²) < 4.78 is 17.9. The molecule has 2 rings (SSSR count). The van der Waals surface area contributed by atoms with E-state index >= 15 is 0 Å². The molecule has 1 saturated carbocycles. The minimum absolute atomic E-state index is 0.0211. The summed E-state index contributed by atoms with van der Waals surface area (Å²) in [6.45, 7) is 2.20. The Morgan fingerprint density at radius 2 is 2.38 bits per heavy atom. The average Bonchev–Trinajstić information content (AvgIpc) is 2.49. The standard InChI is InChI=1S/C8H12FN3O/c1-5-11-12-8(13-5)4-10-7-3-2-6(7)9/h6-7,10H,2-4H2,1H3. The van der Waals surface area contributed by atoms with Crippen LogP contribution in [0.15, 0.2) is 4.42 Å². The van der Waals surface area contributed by atoms with E-state index in [1.165, 1.54) is 0 Å². The summed E-state index contributed by atoms with van der Waals surface area (Å²) in [4.78, 5) is 0. The molecule has 0 radical (unpaired) electrons. The molecule has 1 aromatic rings. The van der Waals surface area contributed by atoms with Gasteiger partial charge in [-0.1, -0.05) is 0 Å². The van der Waals surface area contributed by atoms with Crippen LogP contribution < -0.4 is 5.32 Å². The molecule has 72 valence electrons. The maximum atomic E-state index is 12.8. The van der Waals surface area contributed by atoms with E-state index in [0.717, 1.165) is 6.42 Å². The molecule has 1 aliphatic carbocycles. The molecule has 2 atom stereocenters. The lowest BCUT2D eigenvalue weighted by molar-refractivity contribution is 0.139. The Balaban J connectivity index is 1.79. The number of aromatic nitrogens is 2. The summed E-state index contributed by atoms with van der Waals surface area (Å²) >= 11 is 0. The van der Waals surface area contributed by atoms with E-state index in [0.29, 0.717) is 24.7 Å². The second-order valence-electron chi connectivity index (χ2n) is 3.30. The zero-order valence-corrected chi connectivity index (χ0v) is 7.46. The van der Waals surface area contributed by atoms with Crippen molar-refractivity contribution in [2.45, 2.75) is 38.5 Å². The normalized spacial score (nSPS) is 27.2. The third kappa shape index (κ3) is 1.85. The molecule has 1 aliphatic rings. The largest absolute Gasteiger partial charge is 0.424 e. The van der Waals surface area contributed by atoms with E-state index in [2.05, 4.69) is 15.5 Å². The minimum atomic E-state index is -0.705. The Kier molecular flexibility index (Phi) is 2.26. The highest BCUT2D eigenvalue weighted by Crippen LogP contribution is 2.23. The van der Waals surface area contributed by atoms with Crippen LogP contribution in [0.5, 0.6) is 0 Å². The highest BCUT2D eigenvalue weighted by atomic mass is 19.1. The molecule has 2 unspecified atom stereocenters. The first-order chi connectivity index (χ1) is 6.25. The number of aryl methyl sites for hydroxylation is 1. The number of nitrogens with zero attached hydrogens (tertiary/aromatic N) is 2. The van der Waals surface area contributed by atoms with Gasteiger partial charge in [-0.05, 0) is 12.8 Å². The summed E-state index contributed by atoms with van der Waals surface area (Å²) in [6, 6.07) is -0.0211. The quantitative estimate of drug-likeness (QED) is 0.762. The van der Waals surface area contributed by atoms with Gasteiger partial charge in [0.05, 0.1) is 6.54 Å². The first-order valence-electron chi connectivity index (χ1n) is 4.42. The van der Waals surface area contributed by atoms with Crippen molar-refractivity contribution >= 4 is 0 Å². The number of hydrogen-bond donors (Lipinski definition) is 1. The number of halogens is 1. The Hall–Kier alpha value is -0.970. The summed E-state index contributed by atoms with van der Waals surface area (Å²) in [5.41, 5.74) is 0. The molecule has 0 bridgehead atoms. The van der Waals surface area contributed by atoms with Crippen LogP contribution in [0.2, 0.25) is 0 Å². The molecule has 0 amide bonds. The molecule has 0 aromatic carbocycles. The molecule has 0 aliphatic heterocycles. The SMILES string of the molecule is Cc1nnc(CNC2CCC2F)o1. The van der Waals surface area contributed by atoms with Gasteiger partial charge in [-0.15, -0.1) is 10.2 Å². The highest BCUT2D eigenvalue weighted by molar-refractivity contribution is 4.88. The van der Waals surface area contributed by atoms with E-state index < -0.39 is 6.17 Å². The molecule has 4 nitrogen and oxygen atoms in total. The van der Waals surface area contributed by atoms with E-state index in [4.69, 9.17) is 4.42 Å². The van der Waals surface area contributed by atoms with E-state index in [1.54, 1.807) is 6.92 Å². The smallest absolute Gasteiger partial charge is 0.230 e. The third-order valence-electron chi connectivity index (χ3n) is 2.27. The molecule has 5 heteroatoms. The molecular formula is C8H12FN3O. The van der Waals surface area contributed by atoms with Gasteiger partial charge in [0.1, 0.15) is 6.17 Å². The van der Waals surface area contributed by atoms with Gasteiger partial charge in [0.2, 0.25) is 11.8 Å². The van der Waals surface area contributed by atoms with Crippen molar-refractivity contribution in [1.82, 2.24) is 15.5 Å². The lowest BCUT2D eigenvalue weighted by atomic mass is 9.91. The summed E-state index contributed by atoms with van der Waals surface area (Å²) in [7, 11) is 0. The minimum Gasteiger partial charge on any atom is -0.424 e. The zero-order valence-electron chi connectivity index (χ0n) is 7.46. The van der Waals surface area contributed by atoms with E-state index in [-0.39, 0.29) is 6.04 Å². The molecule has 0 spiro atoms. The Labute approximate surface area is 75.5 Å². The zero-order chi connectivity index (χ0) is 9.26. The summed E-state index contributed by atoms with van der Waals surface area (Å²) in [5.74, 6) is 1.07. The molecule has 0 saturated heterocycles. The molecule has 1 N–H and O–H groups in total. The van der Waals surface area contributed by atoms with Gasteiger partial charge >= 0.3 is 0 Å². The van der Waals surface area contributed by atoms with Crippen molar-refractivity contribution in [3.05, 3.63) is 11.8 Å². The van der Waals surface area contributed by atoms with Crippen molar-refractivity contribution < 1.29 is 8.81 Å². The fourth-order valence-corrected chi connectivity index (χ4v) is 1.32. The first kappa shape index (κ1) is 8.62. The van der Waals surface area contributed by atoms with Crippen LogP contribution in [0, 0.1) is 6.92 Å². The highest BCUT2D eigenvalue weighted by Gasteiger charge is 2.30. The van der Waals surface area contributed by atoms with Crippen LogP contribution in [-0.2, 0) is 6.54 Å². The third-order valence-corrected chi connectivity index (χ3v) is 2.27. The Bertz CT molecular complexity index is 289. The number of hydrogen-bond acceptors (Lipinski definition) is 4. The van der Waals surface area contributed by atoms with Crippen LogP contribution >= 0.6 is 0 Å². The summed E-state index contributed by atoms with van der Waals surface area (Å²) in [6.07, 6.45) is 0.860. The van der Waals surface area contributed by atoms with Gasteiger partial charge in [-0.25, -0.2) is 4.39 Å². The number of nitrogens with one attached hydrogen (secondary N) is 1. The van der Waals surface area contributed by atoms with E-state index in [9.17, 15) is 4.39 Å². The van der Waals surface area contributed by atoms with Gasteiger partial charge in [0.15, 0.2) is 0 Å². The lowest BCUT2D eigenvalue weighted by Crippen LogP contribution is -2.45. The van der Waals surface area contributed by atoms with Crippen LogP contribution in [-0.4, -0.2) is 22.4 Å². The fraction of sp³-hybridized carbons (Fsp3) is 0.750. The Morgan fingerprint density at radius 1 is 1.54 bits per heavy atom. The van der Waals surface area contributed by atoms with Gasteiger partial charge in [-0.3, -0.25) is 0 Å². The predicted molar refractivity (Wildman–Crippen MR) is 43.8 cm³/mol. The fourth-order valence-electron chi connectivity index (χ4n) is 1.32. The van der Waals surface area contributed by atoms with Crippen LogP contribution in [0.1, 0.15) is 24.6 Å². The van der Waals surface area contributed by atoms with Gasteiger partial charge in [-0.2, -0.15) is 0 Å².